The zero-order valence-corrected chi connectivity index (χ0v) is 17.6. The lowest BCUT2D eigenvalue weighted by Gasteiger charge is -2.11. The first-order valence-electron chi connectivity index (χ1n) is 8.23. The summed E-state index contributed by atoms with van der Waals surface area (Å²) in [5, 5.41) is 10.1. The highest BCUT2D eigenvalue weighted by Crippen LogP contribution is 2.10. The summed E-state index contributed by atoms with van der Waals surface area (Å²) >= 11 is 1.74. The van der Waals surface area contributed by atoms with E-state index in [1.165, 1.54) is 16.3 Å². The fraction of sp³-hybridized carbons (Fsp3) is 0.444. The number of nitrogens with one attached hydrogen (secondary N) is 2. The Morgan fingerprint density at radius 1 is 1.12 bits per heavy atom. The Morgan fingerprint density at radius 2 is 1.88 bits per heavy atom. The SMILES string of the molecule is CCc1nc(CCNC(=NC)NCCCc2ccccc2)cs1.I. The van der Waals surface area contributed by atoms with Crippen LogP contribution in [0, 0.1) is 0 Å². The normalized spacial score (nSPS) is 11.0. The standard InChI is InChI=1S/C18H26N4S.HI/c1-3-17-22-16(14-23-17)11-13-21-18(19-2)20-12-7-10-15-8-5-4-6-9-15;/h4-6,8-9,14H,3,7,10-13H2,1-2H3,(H2,19,20,21);1H. The third-order valence-corrected chi connectivity index (χ3v) is 4.62. The number of hydrogen-bond acceptors (Lipinski definition) is 3. The van der Waals surface area contributed by atoms with Gasteiger partial charge in [0.05, 0.1) is 10.7 Å². The van der Waals surface area contributed by atoms with Crippen LogP contribution < -0.4 is 10.6 Å². The van der Waals surface area contributed by atoms with Crippen molar-refractivity contribution in [2.45, 2.75) is 32.6 Å². The molecule has 1 aromatic carbocycles. The summed E-state index contributed by atoms with van der Waals surface area (Å²) in [6.45, 7) is 3.92. The first-order chi connectivity index (χ1) is 11.3. The second kappa shape index (κ2) is 12.2. The molecule has 6 heteroatoms. The number of aromatic nitrogens is 1. The van der Waals surface area contributed by atoms with Gasteiger partial charge in [0, 0.05) is 31.9 Å². The van der Waals surface area contributed by atoms with E-state index >= 15 is 0 Å². The molecule has 0 aliphatic carbocycles. The van der Waals surface area contributed by atoms with Crippen molar-refractivity contribution in [3.63, 3.8) is 0 Å². The molecule has 1 heterocycles. The minimum atomic E-state index is 0. The molecule has 0 saturated heterocycles. The maximum atomic E-state index is 4.58. The highest BCUT2D eigenvalue weighted by molar-refractivity contribution is 14.0. The summed E-state index contributed by atoms with van der Waals surface area (Å²) in [5.41, 5.74) is 2.55. The minimum absolute atomic E-state index is 0. The average Bonchev–Trinajstić information content (AvgIpc) is 3.06. The zero-order chi connectivity index (χ0) is 16.3. The Kier molecular flexibility index (Phi) is 10.7. The van der Waals surface area contributed by atoms with Gasteiger partial charge >= 0.3 is 0 Å². The maximum Gasteiger partial charge on any atom is 0.190 e. The van der Waals surface area contributed by atoms with Crippen molar-refractivity contribution in [3.8, 4) is 0 Å². The van der Waals surface area contributed by atoms with E-state index in [0.717, 1.165) is 44.7 Å². The highest BCUT2D eigenvalue weighted by Gasteiger charge is 2.01. The van der Waals surface area contributed by atoms with Crippen molar-refractivity contribution < 1.29 is 0 Å². The monoisotopic (exact) mass is 458 g/mol. The first-order valence-corrected chi connectivity index (χ1v) is 9.11. The number of hydrogen-bond donors (Lipinski definition) is 2. The summed E-state index contributed by atoms with van der Waals surface area (Å²) in [5.74, 6) is 0.865. The molecule has 0 bridgehead atoms. The molecule has 1 aromatic heterocycles. The molecular formula is C18H27IN4S. The van der Waals surface area contributed by atoms with E-state index in [1.807, 2.05) is 7.05 Å². The van der Waals surface area contributed by atoms with Crippen LogP contribution in [0.5, 0.6) is 0 Å². The lowest BCUT2D eigenvalue weighted by atomic mass is 10.1. The molecule has 0 aliphatic heterocycles. The van der Waals surface area contributed by atoms with Gasteiger partial charge in [0.1, 0.15) is 0 Å². The summed E-state index contributed by atoms with van der Waals surface area (Å²) in [6.07, 6.45) is 4.13. The highest BCUT2D eigenvalue weighted by atomic mass is 127. The van der Waals surface area contributed by atoms with Gasteiger partial charge in [0.15, 0.2) is 5.96 Å². The Hall–Kier alpha value is -1.15. The van der Waals surface area contributed by atoms with Crippen molar-refractivity contribution in [1.29, 1.82) is 0 Å². The lowest BCUT2D eigenvalue weighted by molar-refractivity contribution is 0.736. The molecule has 24 heavy (non-hydrogen) atoms. The van der Waals surface area contributed by atoms with Crippen LogP contribution in [0.3, 0.4) is 0 Å². The molecule has 2 N–H and O–H groups in total. The fourth-order valence-corrected chi connectivity index (χ4v) is 3.08. The molecule has 0 spiro atoms. The van der Waals surface area contributed by atoms with Gasteiger partial charge in [-0.1, -0.05) is 37.3 Å². The number of benzene rings is 1. The smallest absolute Gasteiger partial charge is 0.190 e. The van der Waals surface area contributed by atoms with Crippen LogP contribution >= 0.6 is 35.3 Å². The molecule has 0 saturated carbocycles. The van der Waals surface area contributed by atoms with E-state index in [9.17, 15) is 0 Å². The van der Waals surface area contributed by atoms with Crippen LogP contribution in [-0.4, -0.2) is 31.1 Å². The average molecular weight is 458 g/mol. The van der Waals surface area contributed by atoms with Gasteiger partial charge < -0.3 is 10.6 Å². The van der Waals surface area contributed by atoms with Gasteiger partial charge in [-0.05, 0) is 24.8 Å². The van der Waals surface area contributed by atoms with E-state index in [2.05, 4.69) is 63.2 Å². The summed E-state index contributed by atoms with van der Waals surface area (Å²) in [6, 6.07) is 10.6. The summed E-state index contributed by atoms with van der Waals surface area (Å²) in [4.78, 5) is 8.84. The van der Waals surface area contributed by atoms with Crippen LogP contribution in [0.4, 0.5) is 0 Å². The van der Waals surface area contributed by atoms with Crippen molar-refractivity contribution in [2.75, 3.05) is 20.1 Å². The quantitative estimate of drug-likeness (QED) is 0.275. The number of halogens is 1. The Morgan fingerprint density at radius 3 is 2.54 bits per heavy atom. The van der Waals surface area contributed by atoms with Crippen molar-refractivity contribution in [2.24, 2.45) is 4.99 Å². The number of guanidine groups is 1. The van der Waals surface area contributed by atoms with E-state index in [1.54, 1.807) is 11.3 Å². The van der Waals surface area contributed by atoms with Gasteiger partial charge in [0.2, 0.25) is 0 Å². The second-order valence-corrected chi connectivity index (χ2v) is 6.29. The van der Waals surface area contributed by atoms with Gasteiger partial charge in [-0.3, -0.25) is 4.99 Å². The molecule has 0 unspecified atom stereocenters. The third-order valence-electron chi connectivity index (χ3n) is 3.58. The predicted octanol–water partition coefficient (Wildman–Crippen LogP) is 3.66. The molecule has 2 rings (SSSR count). The van der Waals surface area contributed by atoms with Gasteiger partial charge in [-0.2, -0.15) is 0 Å². The van der Waals surface area contributed by atoms with Crippen molar-refractivity contribution in [1.82, 2.24) is 15.6 Å². The third kappa shape index (κ3) is 7.61. The van der Waals surface area contributed by atoms with E-state index in [4.69, 9.17) is 0 Å². The van der Waals surface area contributed by atoms with E-state index in [-0.39, 0.29) is 24.0 Å². The van der Waals surface area contributed by atoms with Crippen LogP contribution in [-0.2, 0) is 19.3 Å². The van der Waals surface area contributed by atoms with Gasteiger partial charge in [-0.15, -0.1) is 35.3 Å². The van der Waals surface area contributed by atoms with Crippen molar-refractivity contribution >= 4 is 41.3 Å². The molecule has 0 fully saturated rings. The largest absolute Gasteiger partial charge is 0.356 e. The van der Waals surface area contributed by atoms with Crippen molar-refractivity contribution in [3.05, 3.63) is 52.0 Å². The lowest BCUT2D eigenvalue weighted by Crippen LogP contribution is -2.38. The predicted molar refractivity (Wildman–Crippen MR) is 115 cm³/mol. The number of aliphatic imine (C=N–C) groups is 1. The number of nitrogens with zero attached hydrogens (tertiary/aromatic N) is 2. The van der Waals surface area contributed by atoms with E-state index < -0.39 is 0 Å². The number of aryl methyl sites for hydroxylation is 2. The van der Waals surface area contributed by atoms with E-state index in [0.29, 0.717) is 0 Å². The van der Waals surface area contributed by atoms with Gasteiger partial charge in [-0.25, -0.2) is 4.98 Å². The molecule has 4 nitrogen and oxygen atoms in total. The number of rotatable bonds is 8. The maximum absolute atomic E-state index is 4.58. The summed E-state index contributed by atoms with van der Waals surface area (Å²) < 4.78 is 0. The molecule has 0 atom stereocenters. The molecule has 0 radical (unpaired) electrons. The Bertz CT molecular complexity index is 598. The van der Waals surface area contributed by atoms with Crippen LogP contribution in [0.15, 0.2) is 40.7 Å². The Balaban J connectivity index is 0.00000288. The summed E-state index contributed by atoms with van der Waals surface area (Å²) in [7, 11) is 1.81. The van der Waals surface area contributed by atoms with Gasteiger partial charge in [0.25, 0.3) is 0 Å². The molecule has 0 amide bonds. The second-order valence-electron chi connectivity index (χ2n) is 5.35. The molecule has 132 valence electrons. The zero-order valence-electron chi connectivity index (χ0n) is 14.4. The molecule has 2 aromatic rings. The van der Waals surface area contributed by atoms with Crippen LogP contribution in [0.1, 0.15) is 29.6 Å². The Labute approximate surface area is 166 Å². The first kappa shape index (κ1) is 20.9. The topological polar surface area (TPSA) is 49.3 Å². The fourth-order valence-electron chi connectivity index (χ4n) is 2.30. The molecule has 0 aliphatic rings. The number of thiazole rings is 1. The minimum Gasteiger partial charge on any atom is -0.356 e. The van der Waals surface area contributed by atoms with Crippen LogP contribution in [0.2, 0.25) is 0 Å². The molecular weight excluding hydrogens is 431 g/mol. The van der Waals surface area contributed by atoms with Crippen LogP contribution in [0.25, 0.3) is 0 Å².